The van der Waals surface area contributed by atoms with Gasteiger partial charge in [-0.15, -0.1) is 0 Å². The maximum Gasteiger partial charge on any atom is 0.273 e. The van der Waals surface area contributed by atoms with Crippen molar-refractivity contribution < 1.29 is 13.9 Å². The van der Waals surface area contributed by atoms with Gasteiger partial charge in [0, 0.05) is 41.7 Å². The minimum Gasteiger partial charge on any atom is -0.381 e. The molecule has 0 spiro atoms. The number of ether oxygens (including phenoxy) is 1. The first-order chi connectivity index (χ1) is 14.9. The molecular weight excluding hydrogens is 463 g/mol. The van der Waals surface area contributed by atoms with E-state index in [4.69, 9.17) is 4.74 Å². The van der Waals surface area contributed by atoms with Crippen molar-refractivity contribution in [1.82, 2.24) is 15.1 Å². The summed E-state index contributed by atoms with van der Waals surface area (Å²) in [6.45, 7) is 2.60. The van der Waals surface area contributed by atoms with Crippen molar-refractivity contribution in [2.24, 2.45) is 0 Å². The number of nitrogens with one attached hydrogen (secondary N) is 1. The first-order valence-corrected chi connectivity index (χ1v) is 10.7. The van der Waals surface area contributed by atoms with Crippen molar-refractivity contribution in [2.45, 2.75) is 25.3 Å². The van der Waals surface area contributed by atoms with Gasteiger partial charge < -0.3 is 10.1 Å². The smallest absolute Gasteiger partial charge is 0.273 e. The maximum atomic E-state index is 14.0. The van der Waals surface area contributed by atoms with E-state index < -0.39 is 11.4 Å². The first kappa shape index (κ1) is 21.2. The molecule has 31 heavy (non-hydrogen) atoms. The van der Waals surface area contributed by atoms with Gasteiger partial charge in [-0.25, -0.2) is 9.07 Å². The molecule has 1 aromatic heterocycles. The summed E-state index contributed by atoms with van der Waals surface area (Å²) >= 11 is 3.53. The second-order valence-electron chi connectivity index (χ2n) is 7.46. The molecule has 2 aromatic carbocycles. The zero-order valence-electron chi connectivity index (χ0n) is 16.9. The number of carbonyl (C=O) groups is 1. The van der Waals surface area contributed by atoms with Crippen molar-refractivity contribution >= 4 is 21.8 Å². The zero-order valence-corrected chi connectivity index (χ0v) is 18.4. The van der Waals surface area contributed by atoms with Gasteiger partial charge in [0.25, 0.3) is 5.91 Å². The molecule has 158 valence electrons. The number of carbonyl (C=O) groups excluding carboxylic acids is 1. The van der Waals surface area contributed by atoms with Gasteiger partial charge in [-0.1, -0.05) is 24.3 Å². The number of aromatic nitrogens is 2. The highest BCUT2D eigenvalue weighted by molar-refractivity contribution is 9.10. The lowest BCUT2D eigenvalue weighted by Gasteiger charge is -2.31. The number of rotatable bonds is 4. The fourth-order valence-electron chi connectivity index (χ4n) is 3.75. The Morgan fingerprint density at radius 3 is 2.68 bits per heavy atom. The van der Waals surface area contributed by atoms with Crippen LogP contribution in [0.4, 0.5) is 4.39 Å². The number of hydrogen-bond acceptors (Lipinski definition) is 4. The second kappa shape index (κ2) is 8.61. The highest BCUT2D eigenvalue weighted by atomic mass is 79.9. The topological polar surface area (TPSA) is 79.9 Å². The maximum absolute atomic E-state index is 14.0. The lowest BCUT2D eigenvalue weighted by Crippen LogP contribution is -2.51. The number of halogens is 2. The molecule has 1 N–H and O–H groups in total. The van der Waals surface area contributed by atoms with E-state index in [-0.39, 0.29) is 11.5 Å². The van der Waals surface area contributed by atoms with Gasteiger partial charge in [-0.05, 0) is 47.1 Å². The molecule has 0 unspecified atom stereocenters. The zero-order chi connectivity index (χ0) is 22.0. The van der Waals surface area contributed by atoms with E-state index in [0.29, 0.717) is 48.6 Å². The van der Waals surface area contributed by atoms with Gasteiger partial charge >= 0.3 is 0 Å². The van der Waals surface area contributed by atoms with E-state index in [2.05, 4.69) is 32.4 Å². The highest BCUT2D eigenvalue weighted by Crippen LogP contribution is 2.32. The summed E-state index contributed by atoms with van der Waals surface area (Å²) in [6.07, 6.45) is 0.825. The molecule has 0 atom stereocenters. The summed E-state index contributed by atoms with van der Waals surface area (Å²) in [5, 5.41) is 17.2. The molecule has 0 saturated carbocycles. The van der Waals surface area contributed by atoms with E-state index in [9.17, 15) is 14.4 Å². The van der Waals surface area contributed by atoms with Crippen LogP contribution in [0.25, 0.3) is 16.9 Å². The summed E-state index contributed by atoms with van der Waals surface area (Å²) < 4.78 is 21.7. The molecule has 0 aliphatic carbocycles. The second-order valence-corrected chi connectivity index (χ2v) is 8.31. The minimum atomic E-state index is -0.988. The molecule has 1 aliphatic heterocycles. The molecule has 0 radical (unpaired) electrons. The fraction of sp³-hybridized carbons (Fsp3) is 0.261. The lowest BCUT2D eigenvalue weighted by molar-refractivity contribution is 0.0529. The third kappa shape index (κ3) is 4.11. The summed E-state index contributed by atoms with van der Waals surface area (Å²) in [5.41, 5.74) is 1.72. The van der Waals surface area contributed by atoms with E-state index in [1.165, 1.54) is 12.1 Å². The largest absolute Gasteiger partial charge is 0.381 e. The third-order valence-electron chi connectivity index (χ3n) is 5.43. The van der Waals surface area contributed by atoms with Gasteiger partial charge in [-0.2, -0.15) is 10.4 Å². The highest BCUT2D eigenvalue weighted by Gasteiger charge is 2.36. The van der Waals surface area contributed by atoms with Crippen molar-refractivity contribution in [3.05, 3.63) is 70.1 Å². The van der Waals surface area contributed by atoms with Crippen molar-refractivity contribution in [1.29, 1.82) is 5.26 Å². The summed E-state index contributed by atoms with van der Waals surface area (Å²) in [7, 11) is 0. The van der Waals surface area contributed by atoms with Crippen LogP contribution in [-0.2, 0) is 4.74 Å². The summed E-state index contributed by atoms with van der Waals surface area (Å²) in [5.74, 6) is -0.821. The van der Waals surface area contributed by atoms with Crippen LogP contribution < -0.4 is 5.32 Å². The van der Waals surface area contributed by atoms with Crippen molar-refractivity contribution in [3.8, 4) is 23.0 Å². The summed E-state index contributed by atoms with van der Waals surface area (Å²) in [4.78, 5) is 13.2. The molecule has 0 bridgehead atoms. The Kier molecular flexibility index (Phi) is 5.90. The van der Waals surface area contributed by atoms with Crippen LogP contribution in [0.1, 0.15) is 28.9 Å². The Labute approximate surface area is 187 Å². The van der Waals surface area contributed by atoms with Crippen LogP contribution in [-0.4, -0.2) is 34.4 Å². The van der Waals surface area contributed by atoms with E-state index in [1.54, 1.807) is 23.7 Å². The van der Waals surface area contributed by atoms with E-state index in [0.717, 1.165) is 4.47 Å². The van der Waals surface area contributed by atoms with E-state index >= 15 is 0 Å². The van der Waals surface area contributed by atoms with Crippen LogP contribution >= 0.6 is 15.9 Å². The van der Waals surface area contributed by atoms with Crippen LogP contribution in [0.5, 0.6) is 0 Å². The molecule has 1 amide bonds. The average molecular weight is 483 g/mol. The molecule has 3 aromatic rings. The summed E-state index contributed by atoms with van der Waals surface area (Å²) in [6, 6.07) is 15.9. The fourth-order valence-corrected chi connectivity index (χ4v) is 4.20. The first-order valence-electron chi connectivity index (χ1n) is 9.86. The van der Waals surface area contributed by atoms with Gasteiger partial charge in [-0.3, -0.25) is 4.79 Å². The van der Waals surface area contributed by atoms with E-state index in [1.807, 2.05) is 24.3 Å². The van der Waals surface area contributed by atoms with Gasteiger partial charge in [0.15, 0.2) is 5.69 Å². The number of nitriles is 1. The molecule has 4 rings (SSSR count). The lowest BCUT2D eigenvalue weighted by atomic mass is 9.91. The average Bonchev–Trinajstić information content (AvgIpc) is 3.11. The minimum absolute atomic E-state index is 0.191. The SMILES string of the molecule is Cc1c(C(=O)NC2(C#N)CCOCC2)nn(-c2ccccc2Br)c1-c1cccc(F)c1. The Morgan fingerprint density at radius 1 is 1.26 bits per heavy atom. The molecule has 1 fully saturated rings. The monoisotopic (exact) mass is 482 g/mol. The molecule has 8 heteroatoms. The number of para-hydroxylation sites is 1. The van der Waals surface area contributed by atoms with Crippen molar-refractivity contribution in [2.75, 3.05) is 13.2 Å². The Bertz CT molecular complexity index is 1180. The van der Waals surface area contributed by atoms with Gasteiger partial charge in [0.1, 0.15) is 11.4 Å². The van der Waals surface area contributed by atoms with Crippen LogP contribution in [0.2, 0.25) is 0 Å². The number of benzene rings is 2. The number of hydrogen-bond donors (Lipinski definition) is 1. The third-order valence-corrected chi connectivity index (χ3v) is 6.10. The van der Waals surface area contributed by atoms with Crippen molar-refractivity contribution in [3.63, 3.8) is 0 Å². The molecule has 6 nitrogen and oxygen atoms in total. The van der Waals surface area contributed by atoms with Gasteiger partial charge in [0.05, 0.1) is 17.5 Å². The molecule has 1 saturated heterocycles. The predicted octanol–water partition coefficient (Wildman–Crippen LogP) is 4.55. The van der Waals surface area contributed by atoms with Crippen LogP contribution in [0, 0.1) is 24.1 Å². The normalized spacial score (nSPS) is 15.3. The number of amides is 1. The van der Waals surface area contributed by atoms with Crippen LogP contribution in [0.3, 0.4) is 0 Å². The van der Waals surface area contributed by atoms with Crippen LogP contribution in [0.15, 0.2) is 53.0 Å². The predicted molar refractivity (Wildman–Crippen MR) is 117 cm³/mol. The molecule has 1 aliphatic rings. The number of nitrogens with zero attached hydrogens (tertiary/aromatic N) is 3. The quantitative estimate of drug-likeness (QED) is 0.591. The standard InChI is InChI=1S/C23H20BrFN4O2/c1-15-20(22(30)27-23(14-26)9-11-31-12-10-23)28-29(19-8-3-2-7-18(19)24)21(15)16-5-4-6-17(25)13-16/h2-8,13H,9-12H2,1H3,(H,27,30). The molecule has 2 heterocycles. The van der Waals surface area contributed by atoms with Gasteiger partial charge in [0.2, 0.25) is 0 Å². The Morgan fingerprint density at radius 2 is 2.00 bits per heavy atom. The Hall–Kier alpha value is -3.02. The molecular formula is C23H20BrFN4O2. The Balaban J connectivity index is 1.83.